The third kappa shape index (κ3) is 3.08. The Balaban J connectivity index is 2.12. The number of benzene rings is 1. The Morgan fingerprint density at radius 2 is 2.26 bits per heavy atom. The normalized spacial score (nSPS) is 18.1. The highest BCUT2D eigenvalue weighted by Crippen LogP contribution is 2.17. The van der Waals surface area contributed by atoms with Gasteiger partial charge in [-0.25, -0.2) is 9.18 Å². The molecule has 0 spiro atoms. The Hall–Kier alpha value is -1.95. The molecule has 19 heavy (non-hydrogen) atoms. The predicted octanol–water partition coefficient (Wildman–Crippen LogP) is 1.30. The number of anilines is 1. The predicted molar refractivity (Wildman–Crippen MR) is 67.4 cm³/mol. The molecule has 1 aromatic rings. The number of esters is 1. The van der Waals surface area contributed by atoms with Gasteiger partial charge in [0.1, 0.15) is 5.82 Å². The molecule has 1 heterocycles. The number of halogens is 1. The molecular weight excluding hydrogens is 251 g/mol. The van der Waals surface area contributed by atoms with Gasteiger partial charge in [0.25, 0.3) is 0 Å². The Kier molecular flexibility index (Phi) is 4.11. The van der Waals surface area contributed by atoms with Crippen LogP contribution in [0.1, 0.15) is 23.2 Å². The lowest BCUT2D eigenvalue weighted by atomic mass is 10.1. The second-order valence-electron chi connectivity index (χ2n) is 4.32. The zero-order valence-electron chi connectivity index (χ0n) is 10.5. The van der Waals surface area contributed by atoms with Crippen molar-refractivity contribution in [3.8, 4) is 0 Å². The van der Waals surface area contributed by atoms with Crippen molar-refractivity contribution in [2.75, 3.05) is 19.0 Å². The maximum Gasteiger partial charge on any atom is 0.340 e. The summed E-state index contributed by atoms with van der Waals surface area (Å²) in [6.45, 7) is 0.814. The number of amides is 1. The molecule has 102 valence electrons. The smallest absolute Gasteiger partial charge is 0.340 e. The van der Waals surface area contributed by atoms with Crippen LogP contribution < -0.4 is 10.6 Å². The first-order valence-electron chi connectivity index (χ1n) is 6.04. The Morgan fingerprint density at radius 1 is 1.47 bits per heavy atom. The summed E-state index contributed by atoms with van der Waals surface area (Å²) < 4.78 is 17.9. The maximum atomic E-state index is 13.4. The molecular formula is C13H15FN2O3. The Labute approximate surface area is 110 Å². The SMILES string of the molecule is COC(=O)c1cc(NC(=O)[C@H]2CCCN2)ccc1F. The zero-order valence-corrected chi connectivity index (χ0v) is 10.5. The van der Waals surface area contributed by atoms with Gasteiger partial charge in [0.05, 0.1) is 18.7 Å². The van der Waals surface area contributed by atoms with E-state index in [9.17, 15) is 14.0 Å². The van der Waals surface area contributed by atoms with Crippen LogP contribution in [0.25, 0.3) is 0 Å². The van der Waals surface area contributed by atoms with Crippen LogP contribution in [0.4, 0.5) is 10.1 Å². The van der Waals surface area contributed by atoms with E-state index < -0.39 is 11.8 Å². The molecule has 0 unspecified atom stereocenters. The number of rotatable bonds is 3. The van der Waals surface area contributed by atoms with Crippen LogP contribution >= 0.6 is 0 Å². The highest BCUT2D eigenvalue weighted by Gasteiger charge is 2.22. The van der Waals surface area contributed by atoms with E-state index in [2.05, 4.69) is 15.4 Å². The molecule has 1 aliphatic rings. The fourth-order valence-electron chi connectivity index (χ4n) is 2.01. The van der Waals surface area contributed by atoms with Crippen LogP contribution in [0.15, 0.2) is 18.2 Å². The lowest BCUT2D eigenvalue weighted by Crippen LogP contribution is -2.35. The average molecular weight is 266 g/mol. The quantitative estimate of drug-likeness (QED) is 0.809. The second-order valence-corrected chi connectivity index (χ2v) is 4.32. The van der Waals surface area contributed by atoms with Gasteiger partial charge in [0.15, 0.2) is 0 Å². The molecule has 0 aliphatic carbocycles. The third-order valence-corrected chi connectivity index (χ3v) is 3.02. The van der Waals surface area contributed by atoms with Gasteiger partial charge in [-0.1, -0.05) is 0 Å². The first-order chi connectivity index (χ1) is 9.11. The van der Waals surface area contributed by atoms with Crippen LogP contribution in [0, 0.1) is 5.82 Å². The summed E-state index contributed by atoms with van der Waals surface area (Å²) in [5.74, 6) is -1.63. The van der Waals surface area contributed by atoms with E-state index in [0.717, 1.165) is 25.5 Å². The molecule has 1 aliphatic heterocycles. The van der Waals surface area contributed by atoms with Crippen molar-refractivity contribution in [3.05, 3.63) is 29.6 Å². The summed E-state index contributed by atoms with van der Waals surface area (Å²) in [7, 11) is 1.18. The third-order valence-electron chi connectivity index (χ3n) is 3.02. The highest BCUT2D eigenvalue weighted by atomic mass is 19.1. The summed E-state index contributed by atoms with van der Waals surface area (Å²) in [5.41, 5.74) is 0.181. The van der Waals surface area contributed by atoms with E-state index in [4.69, 9.17) is 0 Å². The molecule has 1 atom stereocenters. The zero-order chi connectivity index (χ0) is 13.8. The van der Waals surface area contributed by atoms with Gasteiger partial charge in [-0.3, -0.25) is 4.79 Å². The summed E-state index contributed by atoms with van der Waals surface area (Å²) in [6, 6.07) is 3.58. The standard InChI is InChI=1S/C13H15FN2O3/c1-19-13(18)9-7-8(4-5-10(9)14)16-12(17)11-3-2-6-15-11/h4-5,7,11,15H,2-3,6H2,1H3,(H,16,17)/t11-/m1/s1. The summed E-state index contributed by atoms with van der Waals surface area (Å²) >= 11 is 0. The van der Waals surface area contributed by atoms with E-state index in [-0.39, 0.29) is 17.5 Å². The monoisotopic (exact) mass is 266 g/mol. The van der Waals surface area contributed by atoms with Crippen molar-refractivity contribution in [2.24, 2.45) is 0 Å². The fourth-order valence-corrected chi connectivity index (χ4v) is 2.01. The lowest BCUT2D eigenvalue weighted by molar-refractivity contribution is -0.117. The van der Waals surface area contributed by atoms with Crippen LogP contribution in [-0.4, -0.2) is 31.6 Å². The van der Waals surface area contributed by atoms with E-state index >= 15 is 0 Å². The molecule has 2 N–H and O–H groups in total. The molecule has 0 radical (unpaired) electrons. The summed E-state index contributed by atoms with van der Waals surface area (Å²) in [5, 5.41) is 5.71. The van der Waals surface area contributed by atoms with Crippen LogP contribution in [0.5, 0.6) is 0 Å². The molecule has 0 bridgehead atoms. The van der Waals surface area contributed by atoms with E-state index in [1.165, 1.54) is 19.2 Å². The number of carbonyl (C=O) groups excluding carboxylic acids is 2. The minimum absolute atomic E-state index is 0.181. The molecule has 1 aromatic carbocycles. The number of carbonyl (C=O) groups is 2. The second kappa shape index (κ2) is 5.79. The number of hydrogen-bond donors (Lipinski definition) is 2. The van der Waals surface area contributed by atoms with Crippen molar-refractivity contribution in [1.82, 2.24) is 5.32 Å². The van der Waals surface area contributed by atoms with E-state index in [1.807, 2.05) is 0 Å². The highest BCUT2D eigenvalue weighted by molar-refractivity contribution is 5.97. The Bertz CT molecular complexity index is 499. The first-order valence-corrected chi connectivity index (χ1v) is 6.04. The molecule has 2 rings (SSSR count). The first kappa shape index (κ1) is 13.5. The molecule has 1 saturated heterocycles. The van der Waals surface area contributed by atoms with Crippen molar-refractivity contribution in [3.63, 3.8) is 0 Å². The molecule has 6 heteroatoms. The fraction of sp³-hybridized carbons (Fsp3) is 0.385. The van der Waals surface area contributed by atoms with Gasteiger partial charge < -0.3 is 15.4 Å². The van der Waals surface area contributed by atoms with Crippen molar-refractivity contribution < 1.29 is 18.7 Å². The summed E-state index contributed by atoms with van der Waals surface area (Å²) in [6.07, 6.45) is 1.73. The van der Waals surface area contributed by atoms with Gasteiger partial charge in [-0.15, -0.1) is 0 Å². The largest absolute Gasteiger partial charge is 0.465 e. The minimum Gasteiger partial charge on any atom is -0.465 e. The van der Waals surface area contributed by atoms with Gasteiger partial charge in [-0.05, 0) is 37.6 Å². The van der Waals surface area contributed by atoms with Crippen LogP contribution in [-0.2, 0) is 9.53 Å². The molecule has 0 saturated carbocycles. The topological polar surface area (TPSA) is 67.4 Å². The lowest BCUT2D eigenvalue weighted by Gasteiger charge is -2.12. The van der Waals surface area contributed by atoms with Gasteiger partial charge in [0.2, 0.25) is 5.91 Å². The van der Waals surface area contributed by atoms with Crippen molar-refractivity contribution >= 4 is 17.6 Å². The molecule has 0 aromatic heterocycles. The van der Waals surface area contributed by atoms with Gasteiger partial charge >= 0.3 is 5.97 Å². The van der Waals surface area contributed by atoms with E-state index in [1.54, 1.807) is 0 Å². The van der Waals surface area contributed by atoms with Crippen LogP contribution in [0.3, 0.4) is 0 Å². The number of ether oxygens (including phenoxy) is 1. The van der Waals surface area contributed by atoms with Crippen LogP contribution in [0.2, 0.25) is 0 Å². The maximum absolute atomic E-state index is 13.4. The van der Waals surface area contributed by atoms with Gasteiger partial charge in [-0.2, -0.15) is 0 Å². The molecule has 1 fully saturated rings. The van der Waals surface area contributed by atoms with Gasteiger partial charge in [0, 0.05) is 5.69 Å². The Morgan fingerprint density at radius 3 is 2.89 bits per heavy atom. The van der Waals surface area contributed by atoms with Crippen molar-refractivity contribution in [2.45, 2.75) is 18.9 Å². The minimum atomic E-state index is -0.771. The number of hydrogen-bond acceptors (Lipinski definition) is 4. The van der Waals surface area contributed by atoms with E-state index in [0.29, 0.717) is 5.69 Å². The molecule has 1 amide bonds. The van der Waals surface area contributed by atoms with Crippen molar-refractivity contribution in [1.29, 1.82) is 0 Å². The molecule has 5 nitrogen and oxygen atoms in total. The number of methoxy groups -OCH3 is 1. The number of nitrogens with one attached hydrogen (secondary N) is 2. The average Bonchev–Trinajstić information content (AvgIpc) is 2.94. The summed E-state index contributed by atoms with van der Waals surface area (Å²) in [4.78, 5) is 23.2.